The fourth-order valence-electron chi connectivity index (χ4n) is 2.09. The number of benzene rings is 2. The van der Waals surface area contributed by atoms with E-state index in [2.05, 4.69) is 0 Å². The van der Waals surface area contributed by atoms with Gasteiger partial charge in [0.2, 0.25) is 0 Å². The maximum atomic E-state index is 12.6. The van der Waals surface area contributed by atoms with E-state index in [4.69, 9.17) is 23.8 Å². The summed E-state index contributed by atoms with van der Waals surface area (Å²) in [7, 11) is 0. The smallest absolute Gasteiger partial charge is 0.268 e. The molecule has 1 amide bonds. The van der Waals surface area contributed by atoms with E-state index in [1.807, 2.05) is 37.3 Å². The molecule has 1 saturated heterocycles. The lowest BCUT2D eigenvalue weighted by atomic mass is 10.1. The highest BCUT2D eigenvalue weighted by Crippen LogP contribution is 2.36. The summed E-state index contributed by atoms with van der Waals surface area (Å²) in [6.45, 7) is 2.03. The van der Waals surface area contributed by atoms with Crippen molar-refractivity contribution < 1.29 is 4.79 Å². The van der Waals surface area contributed by atoms with Gasteiger partial charge in [0.1, 0.15) is 0 Å². The second-order valence-corrected chi connectivity index (χ2v) is 7.02. The summed E-state index contributed by atoms with van der Waals surface area (Å²) in [5.41, 5.74) is 2.91. The lowest BCUT2D eigenvalue weighted by Gasteiger charge is -2.14. The molecule has 2 aromatic rings. The zero-order valence-corrected chi connectivity index (χ0v) is 14.1. The minimum atomic E-state index is -0.0992. The Hall–Kier alpha value is -1.62. The average Bonchev–Trinajstić information content (AvgIpc) is 2.77. The summed E-state index contributed by atoms with van der Waals surface area (Å²) in [6, 6.07) is 15.1. The first-order chi connectivity index (χ1) is 10.5. The van der Waals surface area contributed by atoms with Crippen molar-refractivity contribution in [3.05, 3.63) is 69.6 Å². The number of thiocarbonyl (C=S) groups is 1. The van der Waals surface area contributed by atoms with Crippen molar-refractivity contribution in [1.29, 1.82) is 0 Å². The Labute approximate surface area is 143 Å². The van der Waals surface area contributed by atoms with Crippen LogP contribution in [0.15, 0.2) is 53.4 Å². The van der Waals surface area contributed by atoms with Crippen molar-refractivity contribution in [3.63, 3.8) is 0 Å². The first-order valence-corrected chi connectivity index (χ1v) is 8.25. The van der Waals surface area contributed by atoms with Crippen LogP contribution in [0.3, 0.4) is 0 Å². The third-order valence-electron chi connectivity index (χ3n) is 3.25. The number of thioether (sulfide) groups is 1. The largest absolute Gasteiger partial charge is 0.270 e. The molecule has 0 aliphatic carbocycles. The number of hydrogen-bond donors (Lipinski definition) is 0. The van der Waals surface area contributed by atoms with Crippen LogP contribution < -0.4 is 4.90 Å². The lowest BCUT2D eigenvalue weighted by Crippen LogP contribution is -2.27. The summed E-state index contributed by atoms with van der Waals surface area (Å²) in [5, 5.41) is 0.629. The summed E-state index contributed by atoms with van der Waals surface area (Å²) in [4.78, 5) is 14.8. The molecule has 1 aliphatic heterocycles. The lowest BCUT2D eigenvalue weighted by molar-refractivity contribution is -0.113. The molecule has 0 bridgehead atoms. The van der Waals surface area contributed by atoms with Crippen LogP contribution in [-0.4, -0.2) is 10.2 Å². The van der Waals surface area contributed by atoms with Crippen molar-refractivity contribution in [3.8, 4) is 0 Å². The molecule has 22 heavy (non-hydrogen) atoms. The quantitative estimate of drug-likeness (QED) is 0.561. The number of rotatable bonds is 2. The number of carbonyl (C=O) groups is 1. The zero-order chi connectivity index (χ0) is 15.7. The molecule has 0 aromatic heterocycles. The van der Waals surface area contributed by atoms with Gasteiger partial charge in [0.05, 0.1) is 10.6 Å². The van der Waals surface area contributed by atoms with Crippen LogP contribution in [0.2, 0.25) is 5.02 Å². The fraction of sp³-hybridized carbons (Fsp3) is 0.0588. The van der Waals surface area contributed by atoms with E-state index < -0.39 is 0 Å². The molecule has 5 heteroatoms. The molecule has 1 heterocycles. The number of amides is 1. The molecule has 2 aromatic carbocycles. The van der Waals surface area contributed by atoms with Gasteiger partial charge in [0, 0.05) is 5.02 Å². The van der Waals surface area contributed by atoms with Crippen molar-refractivity contribution in [2.75, 3.05) is 4.90 Å². The third-order valence-corrected chi connectivity index (χ3v) is 4.81. The highest BCUT2D eigenvalue weighted by molar-refractivity contribution is 8.27. The Morgan fingerprint density at radius 3 is 2.36 bits per heavy atom. The standard InChI is InChI=1S/C17H12ClNOS2/c1-11-2-4-12(5-3-11)10-15-16(20)19(17(21)22-15)14-8-6-13(18)7-9-14/h2-10H,1H3. The molecule has 1 aliphatic rings. The molecule has 0 unspecified atom stereocenters. The van der Waals surface area contributed by atoms with Gasteiger partial charge in [-0.05, 0) is 42.8 Å². The fourth-order valence-corrected chi connectivity index (χ4v) is 3.52. The maximum absolute atomic E-state index is 12.6. The van der Waals surface area contributed by atoms with E-state index in [1.165, 1.54) is 22.2 Å². The van der Waals surface area contributed by atoms with Gasteiger partial charge in [0.15, 0.2) is 4.32 Å². The summed E-state index contributed by atoms with van der Waals surface area (Å²) >= 11 is 12.5. The number of hydrogen-bond acceptors (Lipinski definition) is 3. The van der Waals surface area contributed by atoms with Crippen LogP contribution in [0.4, 0.5) is 5.69 Å². The predicted octanol–water partition coefficient (Wildman–Crippen LogP) is 5.05. The molecule has 2 nitrogen and oxygen atoms in total. The number of carbonyl (C=O) groups excluding carboxylic acids is 1. The first-order valence-electron chi connectivity index (χ1n) is 6.65. The molecule has 0 atom stereocenters. The first kappa shape index (κ1) is 15.3. The van der Waals surface area contributed by atoms with Crippen molar-refractivity contribution in [1.82, 2.24) is 0 Å². The monoisotopic (exact) mass is 345 g/mol. The Morgan fingerprint density at radius 1 is 1.09 bits per heavy atom. The normalized spacial score (nSPS) is 16.6. The number of halogens is 1. The van der Waals surface area contributed by atoms with E-state index in [0.717, 1.165) is 11.3 Å². The van der Waals surface area contributed by atoms with Gasteiger partial charge in [-0.2, -0.15) is 0 Å². The SMILES string of the molecule is Cc1ccc(C=C2SC(=S)N(c3ccc(Cl)cc3)C2=O)cc1. The highest BCUT2D eigenvalue weighted by Gasteiger charge is 2.33. The van der Waals surface area contributed by atoms with E-state index in [9.17, 15) is 4.79 Å². The van der Waals surface area contributed by atoms with E-state index >= 15 is 0 Å². The second-order valence-electron chi connectivity index (χ2n) is 4.90. The van der Waals surface area contributed by atoms with Crippen LogP contribution in [0.25, 0.3) is 6.08 Å². The Kier molecular flexibility index (Phi) is 4.34. The Balaban J connectivity index is 1.91. The summed E-state index contributed by atoms with van der Waals surface area (Å²) < 4.78 is 0.533. The van der Waals surface area contributed by atoms with Gasteiger partial charge in [-0.1, -0.05) is 65.4 Å². The van der Waals surface area contributed by atoms with Gasteiger partial charge in [-0.25, -0.2) is 0 Å². The average molecular weight is 346 g/mol. The minimum absolute atomic E-state index is 0.0992. The number of aryl methyl sites for hydroxylation is 1. The topological polar surface area (TPSA) is 20.3 Å². The molecule has 1 fully saturated rings. The predicted molar refractivity (Wildman–Crippen MR) is 98.3 cm³/mol. The second kappa shape index (κ2) is 6.24. The minimum Gasteiger partial charge on any atom is -0.268 e. The molecule has 0 radical (unpaired) electrons. The van der Waals surface area contributed by atoms with Gasteiger partial charge in [-0.15, -0.1) is 0 Å². The summed E-state index contributed by atoms with van der Waals surface area (Å²) in [6.07, 6.45) is 1.87. The summed E-state index contributed by atoms with van der Waals surface area (Å²) in [5.74, 6) is -0.0992. The van der Waals surface area contributed by atoms with Crippen LogP contribution in [0.1, 0.15) is 11.1 Å². The number of anilines is 1. The molecule has 0 spiro atoms. The van der Waals surface area contributed by atoms with Gasteiger partial charge < -0.3 is 0 Å². The van der Waals surface area contributed by atoms with Crippen LogP contribution in [-0.2, 0) is 4.79 Å². The highest BCUT2D eigenvalue weighted by atomic mass is 35.5. The molecule has 110 valence electrons. The zero-order valence-electron chi connectivity index (χ0n) is 11.7. The molecule has 0 saturated carbocycles. The molecular weight excluding hydrogens is 334 g/mol. The van der Waals surface area contributed by atoms with Crippen LogP contribution in [0, 0.1) is 6.92 Å². The molecule has 3 rings (SSSR count). The Morgan fingerprint density at radius 2 is 1.73 bits per heavy atom. The van der Waals surface area contributed by atoms with E-state index in [-0.39, 0.29) is 5.91 Å². The number of nitrogens with zero attached hydrogens (tertiary/aromatic N) is 1. The van der Waals surface area contributed by atoms with Crippen molar-refractivity contribution in [2.45, 2.75) is 6.92 Å². The van der Waals surface area contributed by atoms with Crippen LogP contribution in [0.5, 0.6) is 0 Å². The van der Waals surface area contributed by atoms with Crippen LogP contribution >= 0.6 is 35.6 Å². The van der Waals surface area contributed by atoms with Crippen molar-refractivity contribution in [2.24, 2.45) is 0 Å². The van der Waals surface area contributed by atoms with Gasteiger partial charge >= 0.3 is 0 Å². The molecule has 0 N–H and O–H groups in total. The molecular formula is C17H12ClNOS2. The van der Waals surface area contributed by atoms with E-state index in [0.29, 0.717) is 14.2 Å². The Bertz CT molecular complexity index is 766. The van der Waals surface area contributed by atoms with E-state index in [1.54, 1.807) is 24.3 Å². The third kappa shape index (κ3) is 3.09. The van der Waals surface area contributed by atoms with Gasteiger partial charge in [0.25, 0.3) is 5.91 Å². The van der Waals surface area contributed by atoms with Crippen molar-refractivity contribution >= 4 is 57.6 Å². The van der Waals surface area contributed by atoms with Gasteiger partial charge in [-0.3, -0.25) is 9.69 Å². The maximum Gasteiger partial charge on any atom is 0.270 e.